The monoisotopic (exact) mass is 234 g/mol. The summed E-state index contributed by atoms with van der Waals surface area (Å²) in [6.45, 7) is 4.17. The van der Waals surface area contributed by atoms with Gasteiger partial charge in [0, 0.05) is 6.42 Å². The minimum absolute atomic E-state index is 0.0338. The van der Waals surface area contributed by atoms with Crippen LogP contribution in [-0.2, 0) is 18.4 Å². The molecule has 15 heavy (non-hydrogen) atoms. The highest BCUT2D eigenvalue weighted by atomic mass is 31.2. The van der Waals surface area contributed by atoms with Gasteiger partial charge in [-0.15, -0.1) is 0 Å². The summed E-state index contributed by atoms with van der Waals surface area (Å²) in [5.41, 5.74) is -0.522. The van der Waals surface area contributed by atoms with Crippen LogP contribution >= 0.6 is 7.60 Å². The fourth-order valence-corrected chi connectivity index (χ4v) is 4.01. The van der Waals surface area contributed by atoms with E-state index in [9.17, 15) is 9.36 Å². The predicted molar refractivity (Wildman–Crippen MR) is 58.1 cm³/mol. The molecule has 0 aromatic rings. The van der Waals surface area contributed by atoms with Crippen LogP contribution in [0.3, 0.4) is 0 Å². The lowest BCUT2D eigenvalue weighted by atomic mass is 9.99. The zero-order chi connectivity index (χ0) is 11.3. The maximum Gasteiger partial charge on any atom is 0.341 e. The third-order valence-electron chi connectivity index (χ3n) is 2.52. The van der Waals surface area contributed by atoms with Gasteiger partial charge in [0.2, 0.25) is 0 Å². The maximum absolute atomic E-state index is 12.3. The van der Waals surface area contributed by atoms with Crippen LogP contribution in [0, 0.1) is 0 Å². The second-order valence-electron chi connectivity index (χ2n) is 3.60. The third kappa shape index (κ3) is 3.13. The molecule has 88 valence electrons. The number of hydrogen-bond donors (Lipinski definition) is 0. The van der Waals surface area contributed by atoms with E-state index in [1.54, 1.807) is 13.8 Å². The fourth-order valence-electron chi connectivity index (χ4n) is 1.88. The van der Waals surface area contributed by atoms with Crippen LogP contribution in [0.4, 0.5) is 0 Å². The molecule has 0 aromatic carbocycles. The molecule has 1 fully saturated rings. The summed E-state index contributed by atoms with van der Waals surface area (Å²) >= 11 is 0. The SMILES string of the molecule is CCOP(=O)(OCC)C1CCCCC1=O. The molecule has 5 heteroatoms. The number of carbonyl (C=O) groups is 1. The van der Waals surface area contributed by atoms with Gasteiger partial charge in [0.15, 0.2) is 0 Å². The Hall–Kier alpha value is -0.180. The van der Waals surface area contributed by atoms with Gasteiger partial charge in [-0.05, 0) is 26.7 Å². The third-order valence-corrected chi connectivity index (χ3v) is 5.07. The topological polar surface area (TPSA) is 52.6 Å². The van der Waals surface area contributed by atoms with Crippen molar-refractivity contribution in [3.05, 3.63) is 0 Å². The lowest BCUT2D eigenvalue weighted by molar-refractivity contribution is -0.120. The smallest absolute Gasteiger partial charge is 0.308 e. The zero-order valence-corrected chi connectivity index (χ0v) is 10.3. The Morgan fingerprint density at radius 3 is 2.33 bits per heavy atom. The quantitative estimate of drug-likeness (QED) is 0.686. The average molecular weight is 234 g/mol. The summed E-state index contributed by atoms with van der Waals surface area (Å²) in [4.78, 5) is 11.7. The first-order valence-corrected chi connectivity index (χ1v) is 7.16. The van der Waals surface area contributed by atoms with E-state index in [-0.39, 0.29) is 5.78 Å². The first-order valence-electron chi connectivity index (χ1n) is 5.55. The number of Topliss-reactive ketones (excluding diaryl/α,β-unsaturated/α-hetero) is 1. The number of hydrogen-bond acceptors (Lipinski definition) is 4. The van der Waals surface area contributed by atoms with E-state index in [2.05, 4.69) is 0 Å². The Balaban J connectivity index is 2.77. The molecule has 0 radical (unpaired) electrons. The number of carbonyl (C=O) groups excluding carboxylic acids is 1. The summed E-state index contributed by atoms with van der Waals surface area (Å²) in [5, 5.41) is 0. The standard InChI is InChI=1S/C10H19O4P/c1-3-13-15(12,14-4-2)10-8-6-5-7-9(10)11/h10H,3-8H2,1-2H3. The van der Waals surface area contributed by atoms with Crippen molar-refractivity contribution in [2.75, 3.05) is 13.2 Å². The fraction of sp³-hybridized carbons (Fsp3) is 0.900. The van der Waals surface area contributed by atoms with E-state index in [0.717, 1.165) is 12.8 Å². The lowest BCUT2D eigenvalue weighted by Gasteiger charge is -2.27. The van der Waals surface area contributed by atoms with Crippen LogP contribution in [-0.4, -0.2) is 24.7 Å². The van der Waals surface area contributed by atoms with Gasteiger partial charge in [-0.25, -0.2) is 0 Å². The Bertz CT molecular complexity index is 254. The minimum atomic E-state index is -3.20. The molecule has 1 aliphatic rings. The molecular weight excluding hydrogens is 215 g/mol. The molecule has 0 aliphatic heterocycles. The molecule has 0 saturated heterocycles. The van der Waals surface area contributed by atoms with Gasteiger partial charge in [0.05, 0.1) is 13.2 Å². The largest absolute Gasteiger partial charge is 0.341 e. The van der Waals surface area contributed by atoms with Crippen LogP contribution in [0.2, 0.25) is 0 Å². The molecule has 1 rings (SSSR count). The van der Waals surface area contributed by atoms with Crippen molar-refractivity contribution in [1.82, 2.24) is 0 Å². The Labute approximate surface area is 90.9 Å². The summed E-state index contributed by atoms with van der Waals surface area (Å²) in [6, 6.07) is 0. The first kappa shape index (κ1) is 12.9. The van der Waals surface area contributed by atoms with Crippen LogP contribution in [0.15, 0.2) is 0 Å². The van der Waals surface area contributed by atoms with Crippen molar-refractivity contribution in [1.29, 1.82) is 0 Å². The minimum Gasteiger partial charge on any atom is -0.308 e. The molecule has 1 unspecified atom stereocenters. The van der Waals surface area contributed by atoms with Gasteiger partial charge >= 0.3 is 7.60 Å². The Morgan fingerprint density at radius 2 is 1.87 bits per heavy atom. The van der Waals surface area contributed by atoms with Gasteiger partial charge in [0.1, 0.15) is 11.4 Å². The van der Waals surface area contributed by atoms with Gasteiger partial charge < -0.3 is 9.05 Å². The average Bonchev–Trinajstić information content (AvgIpc) is 2.19. The Morgan fingerprint density at radius 1 is 1.27 bits per heavy atom. The highest BCUT2D eigenvalue weighted by molar-refractivity contribution is 7.55. The van der Waals surface area contributed by atoms with Crippen LogP contribution < -0.4 is 0 Å². The molecular formula is C10H19O4P. The van der Waals surface area contributed by atoms with Crippen molar-refractivity contribution < 1.29 is 18.4 Å². The zero-order valence-electron chi connectivity index (χ0n) is 9.40. The maximum atomic E-state index is 12.3. The van der Waals surface area contributed by atoms with Crippen molar-refractivity contribution in [3.8, 4) is 0 Å². The Kier molecular flexibility index (Phi) is 4.97. The van der Waals surface area contributed by atoms with Crippen molar-refractivity contribution >= 4 is 13.4 Å². The molecule has 1 saturated carbocycles. The normalized spacial score (nSPS) is 23.1. The second kappa shape index (κ2) is 5.78. The summed E-state index contributed by atoms with van der Waals surface area (Å²) < 4.78 is 22.7. The second-order valence-corrected chi connectivity index (χ2v) is 5.82. The summed E-state index contributed by atoms with van der Waals surface area (Å²) in [6.07, 6.45) is 2.97. The van der Waals surface area contributed by atoms with Crippen LogP contribution in [0.25, 0.3) is 0 Å². The van der Waals surface area contributed by atoms with Gasteiger partial charge in [-0.3, -0.25) is 9.36 Å². The van der Waals surface area contributed by atoms with Gasteiger partial charge in [-0.2, -0.15) is 0 Å². The van der Waals surface area contributed by atoms with Crippen molar-refractivity contribution in [2.24, 2.45) is 0 Å². The lowest BCUT2D eigenvalue weighted by Crippen LogP contribution is -2.26. The highest BCUT2D eigenvalue weighted by Crippen LogP contribution is 2.56. The van der Waals surface area contributed by atoms with E-state index in [1.807, 2.05) is 0 Å². The summed E-state index contributed by atoms with van der Waals surface area (Å²) in [7, 11) is -3.20. The molecule has 0 spiro atoms. The van der Waals surface area contributed by atoms with E-state index < -0.39 is 13.3 Å². The van der Waals surface area contributed by atoms with E-state index in [0.29, 0.717) is 26.1 Å². The number of rotatable bonds is 5. The van der Waals surface area contributed by atoms with Crippen molar-refractivity contribution in [3.63, 3.8) is 0 Å². The van der Waals surface area contributed by atoms with Gasteiger partial charge in [-0.1, -0.05) is 6.42 Å². The van der Waals surface area contributed by atoms with Crippen molar-refractivity contribution in [2.45, 2.75) is 45.2 Å². The van der Waals surface area contributed by atoms with E-state index in [1.165, 1.54) is 0 Å². The first-order chi connectivity index (χ1) is 7.14. The van der Waals surface area contributed by atoms with Gasteiger partial charge in [0.25, 0.3) is 0 Å². The molecule has 0 aromatic heterocycles. The van der Waals surface area contributed by atoms with E-state index in [4.69, 9.17) is 9.05 Å². The summed E-state index contributed by atoms with van der Waals surface area (Å²) in [5.74, 6) is 0.0338. The molecule has 0 bridgehead atoms. The van der Waals surface area contributed by atoms with E-state index >= 15 is 0 Å². The molecule has 1 atom stereocenters. The van der Waals surface area contributed by atoms with Crippen LogP contribution in [0.5, 0.6) is 0 Å². The highest BCUT2D eigenvalue weighted by Gasteiger charge is 2.41. The molecule has 0 heterocycles. The number of ketones is 1. The molecule has 0 N–H and O–H groups in total. The molecule has 0 amide bonds. The predicted octanol–water partition coefficient (Wildman–Crippen LogP) is 2.76. The van der Waals surface area contributed by atoms with Crippen LogP contribution in [0.1, 0.15) is 39.5 Å². The molecule has 1 aliphatic carbocycles. The molecule has 4 nitrogen and oxygen atoms in total.